The molecule has 0 unspecified atom stereocenters. The second kappa shape index (κ2) is 6.96. The third-order valence-corrected chi connectivity index (χ3v) is 3.74. The summed E-state index contributed by atoms with van der Waals surface area (Å²) in [5.41, 5.74) is 2.92. The van der Waals surface area contributed by atoms with Crippen molar-refractivity contribution in [3.8, 4) is 5.75 Å². The number of aromatic nitrogens is 2. The third-order valence-electron chi connectivity index (χ3n) is 3.25. The van der Waals surface area contributed by atoms with Crippen molar-refractivity contribution in [2.45, 2.75) is 40.0 Å². The minimum Gasteiger partial charge on any atom is -0.487 e. The smallest absolute Gasteiger partial charge is 0.131 e. The number of aryl methyl sites for hydroxylation is 2. The summed E-state index contributed by atoms with van der Waals surface area (Å²) < 4.78 is 7.61. The highest BCUT2D eigenvalue weighted by Gasteiger charge is 2.11. The molecular weight excluding hydrogens is 286 g/mol. The third kappa shape index (κ3) is 4.22. The van der Waals surface area contributed by atoms with E-state index in [4.69, 9.17) is 16.3 Å². The van der Waals surface area contributed by atoms with Gasteiger partial charge in [0, 0.05) is 19.6 Å². The molecule has 0 aliphatic rings. The molecule has 0 amide bonds. The summed E-state index contributed by atoms with van der Waals surface area (Å²) in [5.74, 6) is 0.841. The van der Waals surface area contributed by atoms with Crippen LogP contribution in [0.4, 0.5) is 0 Å². The second-order valence-electron chi connectivity index (χ2n) is 5.44. The first-order valence-electron chi connectivity index (χ1n) is 7.10. The van der Waals surface area contributed by atoms with Gasteiger partial charge in [0.1, 0.15) is 12.4 Å². The van der Waals surface area contributed by atoms with Crippen molar-refractivity contribution in [1.29, 1.82) is 0 Å². The average Bonchev–Trinajstić information content (AvgIpc) is 2.68. The van der Waals surface area contributed by atoms with Crippen molar-refractivity contribution < 1.29 is 4.74 Å². The molecule has 0 saturated carbocycles. The van der Waals surface area contributed by atoms with Gasteiger partial charge in [-0.1, -0.05) is 37.6 Å². The molecule has 1 aromatic carbocycles. The van der Waals surface area contributed by atoms with Gasteiger partial charge in [-0.2, -0.15) is 5.10 Å². The first-order chi connectivity index (χ1) is 9.97. The second-order valence-corrected chi connectivity index (χ2v) is 5.82. The number of hydrogen-bond donors (Lipinski definition) is 1. The van der Waals surface area contributed by atoms with Crippen molar-refractivity contribution in [2.24, 2.45) is 7.05 Å². The standard InChI is InChI=1S/C16H22ClN3O/c1-11(2)18-9-13-6-5-7-14(8-13)21-10-15-16(17)12(3)19-20(15)4/h5-8,11,18H,9-10H2,1-4H3. The highest BCUT2D eigenvalue weighted by Crippen LogP contribution is 2.22. The number of rotatable bonds is 6. The minimum atomic E-state index is 0.414. The van der Waals surface area contributed by atoms with E-state index in [1.165, 1.54) is 5.56 Å². The van der Waals surface area contributed by atoms with Crippen LogP contribution in [0.25, 0.3) is 0 Å². The molecule has 0 fully saturated rings. The number of hydrogen-bond acceptors (Lipinski definition) is 3. The molecule has 21 heavy (non-hydrogen) atoms. The molecule has 0 spiro atoms. The van der Waals surface area contributed by atoms with Gasteiger partial charge in [-0.25, -0.2) is 0 Å². The van der Waals surface area contributed by atoms with E-state index in [2.05, 4.69) is 30.3 Å². The van der Waals surface area contributed by atoms with Gasteiger partial charge >= 0.3 is 0 Å². The first kappa shape index (κ1) is 15.9. The van der Waals surface area contributed by atoms with Crippen LogP contribution in [0.1, 0.15) is 30.8 Å². The first-order valence-corrected chi connectivity index (χ1v) is 7.48. The summed E-state index contributed by atoms with van der Waals surface area (Å²) in [7, 11) is 1.88. The number of ether oxygens (including phenoxy) is 1. The van der Waals surface area contributed by atoms with Crippen molar-refractivity contribution in [3.05, 3.63) is 46.2 Å². The Labute approximate surface area is 131 Å². The molecule has 0 atom stereocenters. The Kier molecular flexibility index (Phi) is 5.26. The minimum absolute atomic E-state index is 0.414. The Morgan fingerprint density at radius 1 is 1.38 bits per heavy atom. The lowest BCUT2D eigenvalue weighted by Gasteiger charge is -2.11. The Morgan fingerprint density at radius 3 is 2.76 bits per heavy atom. The summed E-state index contributed by atoms with van der Waals surface area (Å²) in [6.45, 7) is 7.40. The van der Waals surface area contributed by atoms with E-state index in [-0.39, 0.29) is 0 Å². The molecule has 114 valence electrons. The van der Waals surface area contributed by atoms with Crippen molar-refractivity contribution in [3.63, 3.8) is 0 Å². The molecule has 4 nitrogen and oxygen atoms in total. The predicted octanol–water partition coefficient (Wildman–Crippen LogP) is 3.46. The molecule has 2 aromatic rings. The van der Waals surface area contributed by atoms with Crippen LogP contribution in [0, 0.1) is 6.92 Å². The summed E-state index contributed by atoms with van der Waals surface area (Å²) in [6.07, 6.45) is 0. The molecule has 0 aliphatic carbocycles. The highest BCUT2D eigenvalue weighted by atomic mass is 35.5. The quantitative estimate of drug-likeness (QED) is 0.888. The summed E-state index contributed by atoms with van der Waals surface area (Å²) in [4.78, 5) is 0. The van der Waals surface area contributed by atoms with E-state index in [1.54, 1.807) is 4.68 Å². The molecule has 1 heterocycles. The van der Waals surface area contributed by atoms with E-state index in [9.17, 15) is 0 Å². The maximum Gasteiger partial charge on any atom is 0.131 e. The van der Waals surface area contributed by atoms with Crippen molar-refractivity contribution in [1.82, 2.24) is 15.1 Å². The van der Waals surface area contributed by atoms with Gasteiger partial charge in [-0.15, -0.1) is 0 Å². The van der Waals surface area contributed by atoms with Crippen LogP contribution in [0.3, 0.4) is 0 Å². The fourth-order valence-corrected chi connectivity index (χ4v) is 2.27. The highest BCUT2D eigenvalue weighted by molar-refractivity contribution is 6.31. The zero-order chi connectivity index (χ0) is 15.4. The van der Waals surface area contributed by atoms with Crippen LogP contribution in [0.2, 0.25) is 5.02 Å². The van der Waals surface area contributed by atoms with Crippen LogP contribution in [-0.4, -0.2) is 15.8 Å². The van der Waals surface area contributed by atoms with Crippen LogP contribution in [-0.2, 0) is 20.2 Å². The Balaban J connectivity index is 2.01. The molecule has 1 aromatic heterocycles. The van der Waals surface area contributed by atoms with Gasteiger partial charge in [0.2, 0.25) is 0 Å². The summed E-state index contributed by atoms with van der Waals surface area (Å²) >= 11 is 6.22. The van der Waals surface area contributed by atoms with Gasteiger partial charge in [-0.05, 0) is 24.6 Å². The summed E-state index contributed by atoms with van der Waals surface area (Å²) in [6, 6.07) is 8.56. The van der Waals surface area contributed by atoms with Crippen LogP contribution < -0.4 is 10.1 Å². The number of halogens is 1. The largest absolute Gasteiger partial charge is 0.487 e. The number of benzene rings is 1. The zero-order valence-electron chi connectivity index (χ0n) is 13.0. The summed E-state index contributed by atoms with van der Waals surface area (Å²) in [5, 5.41) is 8.35. The van der Waals surface area contributed by atoms with E-state index in [1.807, 2.05) is 32.2 Å². The molecule has 0 aliphatic heterocycles. The van der Waals surface area contributed by atoms with Crippen LogP contribution in [0.5, 0.6) is 5.75 Å². The topological polar surface area (TPSA) is 39.1 Å². The lowest BCUT2D eigenvalue weighted by atomic mass is 10.2. The molecule has 0 radical (unpaired) electrons. The van der Waals surface area contributed by atoms with E-state index in [0.717, 1.165) is 23.7 Å². The average molecular weight is 308 g/mol. The maximum absolute atomic E-state index is 6.22. The molecule has 1 N–H and O–H groups in total. The van der Waals surface area contributed by atoms with E-state index in [0.29, 0.717) is 17.7 Å². The Morgan fingerprint density at radius 2 is 2.14 bits per heavy atom. The molecule has 0 saturated heterocycles. The van der Waals surface area contributed by atoms with Gasteiger partial charge < -0.3 is 10.1 Å². The van der Waals surface area contributed by atoms with E-state index >= 15 is 0 Å². The van der Waals surface area contributed by atoms with Crippen LogP contribution in [0.15, 0.2) is 24.3 Å². The molecule has 5 heteroatoms. The lowest BCUT2D eigenvalue weighted by molar-refractivity contribution is 0.294. The monoisotopic (exact) mass is 307 g/mol. The van der Waals surface area contributed by atoms with E-state index < -0.39 is 0 Å². The normalized spacial score (nSPS) is 11.1. The molecule has 0 bridgehead atoms. The van der Waals surface area contributed by atoms with Gasteiger partial charge in [0.15, 0.2) is 0 Å². The number of nitrogens with one attached hydrogen (secondary N) is 1. The Hall–Kier alpha value is -1.52. The lowest BCUT2D eigenvalue weighted by Crippen LogP contribution is -2.21. The van der Waals surface area contributed by atoms with Gasteiger partial charge in [-0.3, -0.25) is 4.68 Å². The SMILES string of the molecule is Cc1nn(C)c(COc2cccc(CNC(C)C)c2)c1Cl. The molecule has 2 rings (SSSR count). The fraction of sp³-hybridized carbons (Fsp3) is 0.438. The van der Waals surface area contributed by atoms with Crippen molar-refractivity contribution in [2.75, 3.05) is 0 Å². The van der Waals surface area contributed by atoms with Gasteiger partial charge in [0.25, 0.3) is 0 Å². The van der Waals surface area contributed by atoms with Crippen LogP contribution >= 0.6 is 11.6 Å². The van der Waals surface area contributed by atoms with Crippen molar-refractivity contribution >= 4 is 11.6 Å². The van der Waals surface area contributed by atoms with Gasteiger partial charge in [0.05, 0.1) is 16.4 Å². The Bertz CT molecular complexity index is 608. The maximum atomic E-state index is 6.22. The number of nitrogens with zero attached hydrogens (tertiary/aromatic N) is 2. The molecular formula is C16H22ClN3O. The zero-order valence-corrected chi connectivity index (χ0v) is 13.7. The predicted molar refractivity (Wildman–Crippen MR) is 85.7 cm³/mol. The fourth-order valence-electron chi connectivity index (χ4n) is 2.06.